The Balaban J connectivity index is 2.22. The zero-order valence-electron chi connectivity index (χ0n) is 12.2. The van der Waals surface area contributed by atoms with Crippen molar-refractivity contribution in [3.05, 3.63) is 35.1 Å². The predicted molar refractivity (Wildman–Crippen MR) is 74.1 cm³/mol. The lowest BCUT2D eigenvalue weighted by Gasteiger charge is -2.32. The zero-order valence-corrected chi connectivity index (χ0v) is 12.2. The van der Waals surface area contributed by atoms with Gasteiger partial charge in [0, 0.05) is 0 Å². The topological polar surface area (TPSA) is 44.5 Å². The molecule has 1 saturated heterocycles. The van der Waals surface area contributed by atoms with Crippen LogP contribution in [0.1, 0.15) is 44.8 Å². The summed E-state index contributed by atoms with van der Waals surface area (Å²) in [5, 5.41) is 0. The van der Waals surface area contributed by atoms with Crippen LogP contribution in [0.5, 0.6) is 0 Å². The monoisotopic (exact) mass is 265 g/mol. The molecule has 1 aromatic rings. The first kappa shape index (κ1) is 14.5. The first-order valence-corrected chi connectivity index (χ1v) is 6.51. The molecule has 104 valence electrons. The molecule has 1 fully saturated rings. The van der Waals surface area contributed by atoms with E-state index < -0.39 is 24.3 Å². The summed E-state index contributed by atoms with van der Waals surface area (Å²) in [5.41, 5.74) is 6.56. The molecular formula is C14H21BFNO2. The van der Waals surface area contributed by atoms with Gasteiger partial charge in [-0.25, -0.2) is 4.39 Å². The van der Waals surface area contributed by atoms with Crippen molar-refractivity contribution in [1.82, 2.24) is 0 Å². The normalized spacial score (nSPS) is 22.6. The van der Waals surface area contributed by atoms with E-state index in [9.17, 15) is 4.39 Å². The number of hydrogen-bond donors (Lipinski definition) is 1. The Morgan fingerprint density at radius 3 is 2.16 bits per heavy atom. The molecule has 0 aliphatic carbocycles. The van der Waals surface area contributed by atoms with Gasteiger partial charge < -0.3 is 15.0 Å². The highest BCUT2D eigenvalue weighted by Gasteiger charge is 2.53. The largest absolute Gasteiger partial charge is 0.480 e. The Kier molecular flexibility index (Phi) is 3.50. The highest BCUT2D eigenvalue weighted by molar-refractivity contribution is 6.47. The molecule has 3 nitrogen and oxygen atoms in total. The SMILES string of the molecule is Cc1ccc([C@H](N)B2OC(C)(C)C(C)(C)O2)cc1F. The summed E-state index contributed by atoms with van der Waals surface area (Å²) in [4.78, 5) is 0. The van der Waals surface area contributed by atoms with Gasteiger partial charge >= 0.3 is 7.12 Å². The van der Waals surface area contributed by atoms with Crippen LogP contribution >= 0.6 is 0 Å². The van der Waals surface area contributed by atoms with Crippen LogP contribution in [0.3, 0.4) is 0 Å². The highest BCUT2D eigenvalue weighted by Crippen LogP contribution is 2.39. The molecule has 0 amide bonds. The number of aryl methyl sites for hydroxylation is 1. The van der Waals surface area contributed by atoms with E-state index >= 15 is 0 Å². The molecule has 1 atom stereocenters. The molecule has 1 aliphatic rings. The van der Waals surface area contributed by atoms with Crippen LogP contribution in [-0.2, 0) is 9.31 Å². The minimum absolute atomic E-state index is 0.260. The van der Waals surface area contributed by atoms with Crippen molar-refractivity contribution >= 4 is 7.12 Å². The van der Waals surface area contributed by atoms with Crippen LogP contribution in [-0.4, -0.2) is 18.3 Å². The fourth-order valence-electron chi connectivity index (χ4n) is 2.01. The minimum atomic E-state index is -0.563. The van der Waals surface area contributed by atoms with Crippen LogP contribution in [0.2, 0.25) is 0 Å². The second-order valence-electron chi connectivity index (χ2n) is 6.16. The van der Waals surface area contributed by atoms with Crippen molar-refractivity contribution < 1.29 is 13.7 Å². The first-order chi connectivity index (χ1) is 8.64. The smallest absolute Gasteiger partial charge is 0.402 e. The molecule has 2 rings (SSSR count). The molecule has 1 aromatic carbocycles. The van der Waals surface area contributed by atoms with Gasteiger partial charge in [0.05, 0.1) is 17.1 Å². The van der Waals surface area contributed by atoms with Gasteiger partial charge in [0.1, 0.15) is 5.82 Å². The van der Waals surface area contributed by atoms with Crippen molar-refractivity contribution in [2.24, 2.45) is 5.73 Å². The molecule has 2 N–H and O–H groups in total. The Labute approximate surface area is 114 Å². The summed E-state index contributed by atoms with van der Waals surface area (Å²) < 4.78 is 25.4. The highest BCUT2D eigenvalue weighted by atomic mass is 19.1. The van der Waals surface area contributed by atoms with E-state index in [1.54, 1.807) is 13.0 Å². The number of benzene rings is 1. The molecule has 19 heavy (non-hydrogen) atoms. The summed E-state index contributed by atoms with van der Waals surface area (Å²) in [5.74, 6) is -0.763. The van der Waals surface area contributed by atoms with Crippen molar-refractivity contribution in [1.29, 1.82) is 0 Å². The van der Waals surface area contributed by atoms with Crippen molar-refractivity contribution in [2.75, 3.05) is 0 Å². The molecule has 5 heteroatoms. The first-order valence-electron chi connectivity index (χ1n) is 6.51. The van der Waals surface area contributed by atoms with E-state index in [2.05, 4.69) is 0 Å². The fraction of sp³-hybridized carbons (Fsp3) is 0.571. The minimum Gasteiger partial charge on any atom is -0.402 e. The standard InChI is InChI=1S/C14H21BFNO2/c1-9-6-7-10(8-11(9)16)12(17)15-18-13(2,3)14(4,5)19-15/h6-8,12H,17H2,1-5H3/t12-/m0/s1. The van der Waals surface area contributed by atoms with Gasteiger partial charge in [0.25, 0.3) is 0 Å². The lowest BCUT2D eigenvalue weighted by Crippen LogP contribution is -2.41. The second kappa shape index (κ2) is 4.58. The maximum absolute atomic E-state index is 13.6. The number of hydrogen-bond acceptors (Lipinski definition) is 3. The molecule has 1 aliphatic heterocycles. The van der Waals surface area contributed by atoms with Crippen LogP contribution in [0.4, 0.5) is 4.39 Å². The molecule has 0 bridgehead atoms. The van der Waals surface area contributed by atoms with Crippen molar-refractivity contribution in [2.45, 2.75) is 51.8 Å². The van der Waals surface area contributed by atoms with E-state index in [0.29, 0.717) is 11.1 Å². The Morgan fingerprint density at radius 2 is 1.68 bits per heavy atom. The summed E-state index contributed by atoms with van der Waals surface area (Å²) >= 11 is 0. The molecule has 0 spiro atoms. The van der Waals surface area contributed by atoms with E-state index in [1.165, 1.54) is 6.07 Å². The van der Waals surface area contributed by atoms with Crippen LogP contribution in [0, 0.1) is 12.7 Å². The summed E-state index contributed by atoms with van der Waals surface area (Å²) in [7, 11) is -0.563. The van der Waals surface area contributed by atoms with E-state index in [0.717, 1.165) is 0 Å². The number of halogens is 1. The molecule has 0 aromatic heterocycles. The lowest BCUT2D eigenvalue weighted by atomic mass is 9.75. The van der Waals surface area contributed by atoms with Gasteiger partial charge in [-0.05, 0) is 51.8 Å². The quantitative estimate of drug-likeness (QED) is 0.836. The third-order valence-corrected chi connectivity index (χ3v) is 4.15. The predicted octanol–water partition coefficient (Wildman–Crippen LogP) is 2.77. The average molecular weight is 265 g/mol. The molecule has 0 saturated carbocycles. The molecular weight excluding hydrogens is 244 g/mol. The van der Waals surface area contributed by atoms with Crippen LogP contribution < -0.4 is 5.73 Å². The van der Waals surface area contributed by atoms with Gasteiger partial charge in [0.2, 0.25) is 0 Å². The second-order valence-corrected chi connectivity index (χ2v) is 6.16. The summed E-state index contributed by atoms with van der Waals surface area (Å²) in [6.45, 7) is 9.59. The van der Waals surface area contributed by atoms with Gasteiger partial charge in [-0.2, -0.15) is 0 Å². The molecule has 1 heterocycles. The third kappa shape index (κ3) is 2.55. The Morgan fingerprint density at radius 1 is 1.16 bits per heavy atom. The lowest BCUT2D eigenvalue weighted by molar-refractivity contribution is 0.00578. The Bertz CT molecular complexity index is 474. The van der Waals surface area contributed by atoms with Crippen molar-refractivity contribution in [3.8, 4) is 0 Å². The zero-order chi connectivity index (χ0) is 14.4. The van der Waals surface area contributed by atoms with Gasteiger partial charge in [-0.3, -0.25) is 0 Å². The fourth-order valence-corrected chi connectivity index (χ4v) is 2.01. The Hall–Kier alpha value is -0.905. The van der Waals surface area contributed by atoms with E-state index in [1.807, 2.05) is 33.8 Å². The van der Waals surface area contributed by atoms with Gasteiger partial charge in [-0.1, -0.05) is 12.1 Å². The maximum Gasteiger partial charge on any atom is 0.480 e. The van der Waals surface area contributed by atoms with E-state index in [4.69, 9.17) is 15.0 Å². The van der Waals surface area contributed by atoms with Gasteiger partial charge in [-0.15, -0.1) is 0 Å². The van der Waals surface area contributed by atoms with Crippen molar-refractivity contribution in [3.63, 3.8) is 0 Å². The number of rotatable bonds is 2. The number of nitrogens with two attached hydrogens (primary N) is 1. The van der Waals surface area contributed by atoms with Crippen LogP contribution in [0.15, 0.2) is 18.2 Å². The third-order valence-electron chi connectivity index (χ3n) is 4.15. The van der Waals surface area contributed by atoms with Crippen LogP contribution in [0.25, 0.3) is 0 Å². The van der Waals surface area contributed by atoms with E-state index in [-0.39, 0.29) is 5.82 Å². The summed E-state index contributed by atoms with van der Waals surface area (Å²) in [6.07, 6.45) is 0. The maximum atomic E-state index is 13.6. The molecule has 0 radical (unpaired) electrons. The molecule has 0 unspecified atom stereocenters. The van der Waals surface area contributed by atoms with Gasteiger partial charge in [0.15, 0.2) is 0 Å². The summed E-state index contributed by atoms with van der Waals surface area (Å²) in [6, 6.07) is 4.98. The average Bonchev–Trinajstić information content (AvgIpc) is 2.51.